The zero-order chi connectivity index (χ0) is 13.1. The Hall–Kier alpha value is -1.92. The fourth-order valence-electron chi connectivity index (χ4n) is 1.93. The molecule has 1 heterocycles. The maximum atomic E-state index is 11.1. The second kappa shape index (κ2) is 5.16. The standard InChI is InChI=1S/C12H14N2O4/c1-18-6-8(5-15)14-7-13-11-9(12(16)17)3-2-4-10(11)14/h2-4,7-8,15H,5-6H2,1H3,(H,16,17). The van der Waals surface area contributed by atoms with Crippen LogP contribution in [0.1, 0.15) is 16.4 Å². The highest BCUT2D eigenvalue weighted by molar-refractivity contribution is 6.00. The summed E-state index contributed by atoms with van der Waals surface area (Å²) in [5.41, 5.74) is 1.24. The Morgan fingerprint density at radius 1 is 1.56 bits per heavy atom. The molecular formula is C12H14N2O4. The summed E-state index contributed by atoms with van der Waals surface area (Å²) >= 11 is 0. The molecule has 18 heavy (non-hydrogen) atoms. The number of aliphatic hydroxyl groups is 1. The van der Waals surface area contributed by atoms with E-state index in [-0.39, 0.29) is 18.2 Å². The highest BCUT2D eigenvalue weighted by atomic mass is 16.5. The van der Waals surface area contributed by atoms with Crippen molar-refractivity contribution in [3.05, 3.63) is 30.1 Å². The van der Waals surface area contributed by atoms with Gasteiger partial charge in [-0.15, -0.1) is 0 Å². The number of para-hydroxylation sites is 1. The number of imidazole rings is 1. The first-order valence-corrected chi connectivity index (χ1v) is 5.47. The van der Waals surface area contributed by atoms with Gasteiger partial charge in [0.05, 0.1) is 36.7 Å². The molecule has 0 aliphatic heterocycles. The van der Waals surface area contributed by atoms with Gasteiger partial charge in [0, 0.05) is 7.11 Å². The predicted molar refractivity (Wildman–Crippen MR) is 64.7 cm³/mol. The molecule has 6 heteroatoms. The number of ether oxygens (including phenoxy) is 1. The number of carboxylic acid groups (broad SMARTS) is 1. The Bertz CT molecular complexity index is 564. The normalized spacial score (nSPS) is 12.8. The zero-order valence-electron chi connectivity index (χ0n) is 9.91. The topological polar surface area (TPSA) is 84.6 Å². The quantitative estimate of drug-likeness (QED) is 0.824. The maximum absolute atomic E-state index is 11.1. The Balaban J connectivity index is 2.54. The lowest BCUT2D eigenvalue weighted by atomic mass is 10.2. The lowest BCUT2D eigenvalue weighted by molar-refractivity contribution is 0.0699. The van der Waals surface area contributed by atoms with Crippen molar-refractivity contribution in [2.24, 2.45) is 0 Å². The van der Waals surface area contributed by atoms with Gasteiger partial charge in [-0.25, -0.2) is 9.78 Å². The summed E-state index contributed by atoms with van der Waals surface area (Å²) in [4.78, 5) is 15.2. The molecule has 0 aliphatic rings. The lowest BCUT2D eigenvalue weighted by Crippen LogP contribution is -2.17. The number of benzene rings is 1. The minimum Gasteiger partial charge on any atom is -0.478 e. The van der Waals surface area contributed by atoms with Crippen LogP contribution in [0.2, 0.25) is 0 Å². The second-order valence-corrected chi connectivity index (χ2v) is 3.92. The number of nitrogens with zero attached hydrogens (tertiary/aromatic N) is 2. The van der Waals surface area contributed by atoms with Crippen LogP contribution < -0.4 is 0 Å². The van der Waals surface area contributed by atoms with Crippen LogP contribution >= 0.6 is 0 Å². The van der Waals surface area contributed by atoms with E-state index < -0.39 is 5.97 Å². The minimum atomic E-state index is -1.02. The van der Waals surface area contributed by atoms with Crippen molar-refractivity contribution in [1.29, 1.82) is 0 Å². The van der Waals surface area contributed by atoms with Crippen LogP contribution in [0.25, 0.3) is 11.0 Å². The van der Waals surface area contributed by atoms with Gasteiger partial charge in [0.1, 0.15) is 5.52 Å². The molecule has 6 nitrogen and oxygen atoms in total. The fraction of sp³-hybridized carbons (Fsp3) is 0.333. The van der Waals surface area contributed by atoms with Gasteiger partial charge >= 0.3 is 5.97 Å². The number of aromatic nitrogens is 2. The van der Waals surface area contributed by atoms with E-state index in [0.717, 1.165) is 0 Å². The van der Waals surface area contributed by atoms with Crippen LogP contribution in [0.5, 0.6) is 0 Å². The summed E-state index contributed by atoms with van der Waals surface area (Å²) < 4.78 is 6.75. The molecule has 2 N–H and O–H groups in total. The average molecular weight is 250 g/mol. The molecule has 1 atom stereocenters. The Morgan fingerprint density at radius 3 is 2.94 bits per heavy atom. The monoisotopic (exact) mass is 250 g/mol. The third kappa shape index (κ3) is 2.07. The Kier molecular flexibility index (Phi) is 3.59. The first-order chi connectivity index (χ1) is 8.69. The number of carbonyl (C=O) groups is 1. The van der Waals surface area contributed by atoms with Crippen LogP contribution in [-0.2, 0) is 4.74 Å². The third-order valence-corrected chi connectivity index (χ3v) is 2.80. The largest absolute Gasteiger partial charge is 0.478 e. The van der Waals surface area contributed by atoms with E-state index in [2.05, 4.69) is 4.98 Å². The van der Waals surface area contributed by atoms with Crippen molar-refractivity contribution in [3.8, 4) is 0 Å². The molecule has 96 valence electrons. The van der Waals surface area contributed by atoms with Gasteiger partial charge in [-0.1, -0.05) is 6.07 Å². The molecule has 0 radical (unpaired) electrons. The van der Waals surface area contributed by atoms with Crippen LogP contribution in [0.15, 0.2) is 24.5 Å². The number of hydrogen-bond donors (Lipinski definition) is 2. The molecule has 1 aromatic carbocycles. The smallest absolute Gasteiger partial charge is 0.337 e. The summed E-state index contributed by atoms with van der Waals surface area (Å²) in [6, 6.07) is 4.66. The molecule has 0 amide bonds. The first-order valence-electron chi connectivity index (χ1n) is 5.47. The van der Waals surface area contributed by atoms with Gasteiger partial charge < -0.3 is 19.5 Å². The summed E-state index contributed by atoms with van der Waals surface area (Å²) in [7, 11) is 1.55. The van der Waals surface area contributed by atoms with Gasteiger partial charge in [-0.05, 0) is 12.1 Å². The van der Waals surface area contributed by atoms with Gasteiger partial charge in [-0.2, -0.15) is 0 Å². The highest BCUT2D eigenvalue weighted by Crippen LogP contribution is 2.21. The van der Waals surface area contributed by atoms with Crippen molar-refractivity contribution in [1.82, 2.24) is 9.55 Å². The molecule has 0 aliphatic carbocycles. The Morgan fingerprint density at radius 2 is 2.33 bits per heavy atom. The lowest BCUT2D eigenvalue weighted by Gasteiger charge is -2.15. The number of carboxylic acids is 1. The van der Waals surface area contributed by atoms with E-state index in [1.54, 1.807) is 23.8 Å². The van der Waals surface area contributed by atoms with E-state index in [1.165, 1.54) is 12.4 Å². The molecule has 1 aromatic heterocycles. The third-order valence-electron chi connectivity index (χ3n) is 2.80. The molecule has 1 unspecified atom stereocenters. The van der Waals surface area contributed by atoms with Crippen molar-refractivity contribution >= 4 is 17.0 Å². The SMILES string of the molecule is COCC(CO)n1cnc2c(C(=O)O)cccc21. The number of rotatable bonds is 5. The predicted octanol–water partition coefficient (Wildman–Crippen LogP) is 0.914. The summed E-state index contributed by atoms with van der Waals surface area (Å²) in [5, 5.41) is 18.4. The molecule has 0 saturated heterocycles. The highest BCUT2D eigenvalue weighted by Gasteiger charge is 2.16. The number of aliphatic hydroxyl groups excluding tert-OH is 1. The first kappa shape index (κ1) is 12.5. The van der Waals surface area contributed by atoms with Crippen molar-refractivity contribution < 1.29 is 19.7 Å². The van der Waals surface area contributed by atoms with Gasteiger partial charge in [0.15, 0.2) is 0 Å². The van der Waals surface area contributed by atoms with Crippen molar-refractivity contribution in [2.75, 3.05) is 20.3 Å². The van der Waals surface area contributed by atoms with E-state index in [1.807, 2.05) is 0 Å². The van der Waals surface area contributed by atoms with Crippen molar-refractivity contribution in [2.45, 2.75) is 6.04 Å². The average Bonchev–Trinajstić information content (AvgIpc) is 2.79. The zero-order valence-corrected chi connectivity index (χ0v) is 9.91. The van der Waals surface area contributed by atoms with Gasteiger partial charge in [-0.3, -0.25) is 0 Å². The van der Waals surface area contributed by atoms with E-state index in [9.17, 15) is 9.90 Å². The fourth-order valence-corrected chi connectivity index (χ4v) is 1.93. The molecule has 0 fully saturated rings. The maximum Gasteiger partial charge on any atom is 0.337 e. The van der Waals surface area contributed by atoms with Gasteiger partial charge in [0.2, 0.25) is 0 Å². The summed E-state index contributed by atoms with van der Waals surface area (Å²) in [5.74, 6) is -1.02. The van der Waals surface area contributed by atoms with Crippen LogP contribution in [0, 0.1) is 0 Å². The number of fused-ring (bicyclic) bond motifs is 1. The molecule has 2 aromatic rings. The molecule has 0 spiro atoms. The van der Waals surface area contributed by atoms with E-state index in [0.29, 0.717) is 17.6 Å². The molecule has 2 rings (SSSR count). The minimum absolute atomic E-state index is 0.101. The van der Waals surface area contributed by atoms with E-state index in [4.69, 9.17) is 9.84 Å². The number of methoxy groups -OCH3 is 1. The van der Waals surface area contributed by atoms with Crippen LogP contribution in [-0.4, -0.2) is 46.1 Å². The van der Waals surface area contributed by atoms with E-state index >= 15 is 0 Å². The van der Waals surface area contributed by atoms with Crippen LogP contribution in [0.3, 0.4) is 0 Å². The van der Waals surface area contributed by atoms with Gasteiger partial charge in [0.25, 0.3) is 0 Å². The van der Waals surface area contributed by atoms with Crippen LogP contribution in [0.4, 0.5) is 0 Å². The number of aromatic carboxylic acids is 1. The molecular weight excluding hydrogens is 236 g/mol. The summed E-state index contributed by atoms with van der Waals surface area (Å²) in [6.45, 7) is 0.232. The van der Waals surface area contributed by atoms with Crippen molar-refractivity contribution in [3.63, 3.8) is 0 Å². The second-order valence-electron chi connectivity index (χ2n) is 3.92. The summed E-state index contributed by atoms with van der Waals surface area (Å²) in [6.07, 6.45) is 1.52. The molecule has 0 saturated carbocycles. The number of hydrogen-bond acceptors (Lipinski definition) is 4. The molecule has 0 bridgehead atoms. The Labute approximate surface area is 103 Å².